The zero-order valence-electron chi connectivity index (χ0n) is 10.1. The maximum atomic E-state index is 11.4. The molecule has 0 unspecified atom stereocenters. The molecule has 3 heteroatoms. The fourth-order valence-electron chi connectivity index (χ4n) is 1.59. The summed E-state index contributed by atoms with van der Waals surface area (Å²) < 4.78 is 6.40. The summed E-state index contributed by atoms with van der Waals surface area (Å²) in [5, 5.41) is 3.20. The van der Waals surface area contributed by atoms with Crippen LogP contribution in [0.4, 0.5) is 0 Å². The second-order valence-electron chi connectivity index (χ2n) is 3.75. The van der Waals surface area contributed by atoms with Gasteiger partial charge in [-0.3, -0.25) is 0 Å². The second kappa shape index (κ2) is 6.17. The maximum Gasteiger partial charge on any atom is 0.331 e. The zero-order chi connectivity index (χ0) is 12.8. The first-order valence-corrected chi connectivity index (χ1v) is 6.60. The van der Waals surface area contributed by atoms with Gasteiger partial charge in [0.25, 0.3) is 0 Å². The van der Waals surface area contributed by atoms with Gasteiger partial charge in [-0.15, -0.1) is 11.3 Å². The summed E-state index contributed by atoms with van der Waals surface area (Å²) >= 11 is 1.67. The molecule has 0 aliphatic heterocycles. The number of hydrogen-bond acceptors (Lipinski definition) is 3. The van der Waals surface area contributed by atoms with Gasteiger partial charge in [0.05, 0.1) is 0 Å². The van der Waals surface area contributed by atoms with Gasteiger partial charge in [0.15, 0.2) is 0 Å². The lowest BCUT2D eigenvalue weighted by atomic mass is 10.2. The second-order valence-corrected chi connectivity index (χ2v) is 4.66. The number of esters is 1. The van der Waals surface area contributed by atoms with Crippen LogP contribution < -0.4 is 0 Å². The minimum atomic E-state index is -0.316. The summed E-state index contributed by atoms with van der Waals surface area (Å²) in [6.07, 6.45) is 6.75. The first kappa shape index (κ1) is 12.6. The average molecular weight is 258 g/mol. The minimum absolute atomic E-state index is 0.316. The number of hydrogen-bond donors (Lipinski definition) is 0. The summed E-state index contributed by atoms with van der Waals surface area (Å²) in [5.41, 5.74) is 1.06. The van der Waals surface area contributed by atoms with Crippen molar-refractivity contribution in [2.24, 2.45) is 0 Å². The summed E-state index contributed by atoms with van der Waals surface area (Å²) in [5.74, 6) is -0.316. The number of carbonyl (C=O) groups excluding carboxylic acids is 1. The highest BCUT2D eigenvalue weighted by Crippen LogP contribution is 2.26. The molecule has 0 saturated carbocycles. The largest absolute Gasteiger partial charge is 0.458 e. The molecule has 1 aromatic heterocycles. The van der Waals surface area contributed by atoms with Crippen molar-refractivity contribution in [1.82, 2.24) is 0 Å². The Hall–Kier alpha value is -1.87. The third kappa shape index (κ3) is 3.08. The molecule has 1 heterocycles. The van der Waals surface area contributed by atoms with Crippen molar-refractivity contribution in [3.8, 4) is 0 Å². The van der Waals surface area contributed by atoms with Crippen LogP contribution in [0.15, 0.2) is 53.9 Å². The van der Waals surface area contributed by atoms with Gasteiger partial charge < -0.3 is 4.74 Å². The standard InChI is InChI=1S/C15H14O2S/c1-2-3-4-9-15(16)17-10-12-11-18-14-8-6-5-7-13(12)14/h2-9,11H,10H2,1H3/b3-2+,9-4+. The van der Waals surface area contributed by atoms with Gasteiger partial charge in [-0.2, -0.15) is 0 Å². The topological polar surface area (TPSA) is 26.3 Å². The summed E-state index contributed by atoms with van der Waals surface area (Å²) in [4.78, 5) is 11.4. The number of carbonyl (C=O) groups is 1. The molecule has 18 heavy (non-hydrogen) atoms. The van der Waals surface area contributed by atoms with Gasteiger partial charge >= 0.3 is 5.97 Å². The van der Waals surface area contributed by atoms with E-state index in [2.05, 4.69) is 6.07 Å². The van der Waals surface area contributed by atoms with Gasteiger partial charge in [0, 0.05) is 16.3 Å². The molecule has 0 aliphatic carbocycles. The Kier molecular flexibility index (Phi) is 4.31. The van der Waals surface area contributed by atoms with E-state index in [9.17, 15) is 4.79 Å². The number of thiophene rings is 1. The summed E-state index contributed by atoms with van der Waals surface area (Å²) in [6, 6.07) is 8.11. The van der Waals surface area contributed by atoms with Crippen molar-refractivity contribution in [2.75, 3.05) is 0 Å². The Balaban J connectivity index is 2.00. The van der Waals surface area contributed by atoms with Crippen molar-refractivity contribution in [1.29, 1.82) is 0 Å². The lowest BCUT2D eigenvalue weighted by Gasteiger charge is -2.00. The minimum Gasteiger partial charge on any atom is -0.458 e. The smallest absolute Gasteiger partial charge is 0.331 e. The molecular formula is C15H14O2S. The van der Waals surface area contributed by atoms with Crippen LogP contribution in [-0.4, -0.2) is 5.97 Å². The molecule has 0 atom stereocenters. The monoisotopic (exact) mass is 258 g/mol. The SMILES string of the molecule is C/C=C/C=C/C(=O)OCc1csc2ccccc12. The number of benzene rings is 1. The van der Waals surface area contributed by atoms with E-state index in [1.165, 1.54) is 10.8 Å². The molecule has 0 saturated heterocycles. The highest BCUT2D eigenvalue weighted by molar-refractivity contribution is 7.17. The van der Waals surface area contributed by atoms with Crippen molar-refractivity contribution in [2.45, 2.75) is 13.5 Å². The van der Waals surface area contributed by atoms with Crippen molar-refractivity contribution < 1.29 is 9.53 Å². The Labute approximate surface area is 110 Å². The maximum absolute atomic E-state index is 11.4. The van der Waals surface area contributed by atoms with E-state index < -0.39 is 0 Å². The lowest BCUT2D eigenvalue weighted by Crippen LogP contribution is -1.99. The predicted molar refractivity (Wildman–Crippen MR) is 75.6 cm³/mol. The first-order chi connectivity index (χ1) is 8.81. The molecule has 0 amide bonds. The van der Waals surface area contributed by atoms with Gasteiger partial charge in [0.2, 0.25) is 0 Å². The Bertz CT molecular complexity index is 593. The molecule has 0 fully saturated rings. The molecule has 2 rings (SSSR count). The Morgan fingerprint density at radius 1 is 1.33 bits per heavy atom. The van der Waals surface area contributed by atoms with Crippen LogP contribution in [0.3, 0.4) is 0 Å². The Morgan fingerprint density at radius 3 is 3.00 bits per heavy atom. The highest BCUT2D eigenvalue weighted by Gasteiger charge is 2.05. The number of fused-ring (bicyclic) bond motifs is 1. The van der Waals surface area contributed by atoms with Crippen LogP contribution >= 0.6 is 11.3 Å². The van der Waals surface area contributed by atoms with Crippen LogP contribution in [0.2, 0.25) is 0 Å². The van der Waals surface area contributed by atoms with Crippen LogP contribution in [0.5, 0.6) is 0 Å². The van der Waals surface area contributed by atoms with Gasteiger partial charge in [-0.1, -0.05) is 36.4 Å². The van der Waals surface area contributed by atoms with E-state index in [1.807, 2.05) is 36.6 Å². The number of rotatable bonds is 4. The van der Waals surface area contributed by atoms with Crippen LogP contribution in [-0.2, 0) is 16.1 Å². The van der Waals surface area contributed by atoms with E-state index in [-0.39, 0.29) is 5.97 Å². The van der Waals surface area contributed by atoms with Crippen LogP contribution in [0.25, 0.3) is 10.1 Å². The summed E-state index contributed by atoms with van der Waals surface area (Å²) in [7, 11) is 0. The molecule has 92 valence electrons. The van der Waals surface area contributed by atoms with Crippen molar-refractivity contribution in [3.63, 3.8) is 0 Å². The van der Waals surface area contributed by atoms with Crippen molar-refractivity contribution in [3.05, 3.63) is 59.5 Å². The van der Waals surface area contributed by atoms with E-state index in [0.717, 1.165) is 10.9 Å². The number of ether oxygens (including phenoxy) is 1. The molecule has 1 aromatic carbocycles. The fourth-order valence-corrected chi connectivity index (χ4v) is 2.53. The molecule has 0 N–H and O–H groups in total. The van der Waals surface area contributed by atoms with E-state index in [4.69, 9.17) is 4.74 Å². The molecular weight excluding hydrogens is 244 g/mol. The zero-order valence-corrected chi connectivity index (χ0v) is 10.9. The van der Waals surface area contributed by atoms with E-state index in [0.29, 0.717) is 6.61 Å². The molecule has 0 bridgehead atoms. The molecule has 0 radical (unpaired) electrons. The molecule has 2 aromatic rings. The van der Waals surface area contributed by atoms with Gasteiger partial charge in [-0.25, -0.2) is 4.79 Å². The average Bonchev–Trinajstić information content (AvgIpc) is 2.80. The highest BCUT2D eigenvalue weighted by atomic mass is 32.1. The number of allylic oxidation sites excluding steroid dienone is 3. The normalized spacial score (nSPS) is 11.6. The molecule has 0 spiro atoms. The third-order valence-corrected chi connectivity index (χ3v) is 3.48. The lowest BCUT2D eigenvalue weighted by molar-refractivity contribution is -0.138. The molecule has 0 aliphatic rings. The third-order valence-electron chi connectivity index (χ3n) is 2.47. The quantitative estimate of drug-likeness (QED) is 0.469. The van der Waals surface area contributed by atoms with Crippen LogP contribution in [0.1, 0.15) is 12.5 Å². The predicted octanol–water partition coefficient (Wildman–Crippen LogP) is 4.08. The Morgan fingerprint density at radius 2 is 2.17 bits per heavy atom. The first-order valence-electron chi connectivity index (χ1n) is 5.72. The van der Waals surface area contributed by atoms with Crippen molar-refractivity contribution >= 4 is 27.4 Å². The van der Waals surface area contributed by atoms with Gasteiger partial charge in [-0.05, 0) is 23.8 Å². The van der Waals surface area contributed by atoms with E-state index >= 15 is 0 Å². The van der Waals surface area contributed by atoms with E-state index in [1.54, 1.807) is 23.5 Å². The fraction of sp³-hybridized carbons (Fsp3) is 0.133. The summed E-state index contributed by atoms with van der Waals surface area (Å²) in [6.45, 7) is 2.22. The molecule has 2 nitrogen and oxygen atoms in total. The van der Waals surface area contributed by atoms with Gasteiger partial charge in [0.1, 0.15) is 6.61 Å². The van der Waals surface area contributed by atoms with Crippen LogP contribution in [0, 0.1) is 0 Å².